The molecule has 6 nitrogen and oxygen atoms in total. The van der Waals surface area contributed by atoms with E-state index in [0.717, 1.165) is 6.42 Å². The van der Waals surface area contributed by atoms with Crippen LogP contribution >= 0.6 is 11.6 Å². The molecule has 9 heteroatoms. The van der Waals surface area contributed by atoms with Gasteiger partial charge < -0.3 is 4.52 Å². The van der Waals surface area contributed by atoms with Crippen LogP contribution in [0.15, 0.2) is 57.9 Å². The summed E-state index contributed by atoms with van der Waals surface area (Å²) < 4.78 is 46.0. The van der Waals surface area contributed by atoms with Gasteiger partial charge in [0.05, 0.1) is 10.8 Å². The second-order valence-corrected chi connectivity index (χ2v) is 9.00. The summed E-state index contributed by atoms with van der Waals surface area (Å²) in [6, 6.07) is 12.0. The second kappa shape index (κ2) is 7.62. The lowest BCUT2D eigenvalue weighted by molar-refractivity contribution is 0.265. The van der Waals surface area contributed by atoms with E-state index in [1.807, 2.05) is 0 Å². The predicted molar refractivity (Wildman–Crippen MR) is 102 cm³/mol. The highest BCUT2D eigenvalue weighted by molar-refractivity contribution is 7.89. The summed E-state index contributed by atoms with van der Waals surface area (Å²) in [4.78, 5) is 4.56. The predicted octanol–water partition coefficient (Wildman–Crippen LogP) is 4.10. The van der Waals surface area contributed by atoms with E-state index >= 15 is 0 Å². The number of sulfonamides is 1. The minimum Gasteiger partial charge on any atom is -0.339 e. The molecule has 1 saturated heterocycles. The zero-order valence-electron chi connectivity index (χ0n) is 14.8. The normalized spacial score (nSPS) is 18.3. The van der Waals surface area contributed by atoms with Crippen molar-refractivity contribution in [2.45, 2.75) is 23.7 Å². The summed E-state index contributed by atoms with van der Waals surface area (Å²) in [5.41, 5.74) is 0.511. The highest BCUT2D eigenvalue weighted by Crippen LogP contribution is 2.31. The van der Waals surface area contributed by atoms with Crippen LogP contribution in [-0.4, -0.2) is 36.0 Å². The molecule has 1 aliphatic heterocycles. The van der Waals surface area contributed by atoms with Gasteiger partial charge in [0.1, 0.15) is 5.82 Å². The van der Waals surface area contributed by atoms with Crippen LogP contribution in [-0.2, 0) is 10.0 Å². The van der Waals surface area contributed by atoms with Gasteiger partial charge in [-0.15, -0.1) is 0 Å². The van der Waals surface area contributed by atoms with Crippen molar-refractivity contribution in [3.8, 4) is 11.4 Å². The molecule has 0 unspecified atom stereocenters. The molecule has 2 heterocycles. The number of benzene rings is 2. The molecule has 0 bridgehead atoms. The van der Waals surface area contributed by atoms with Gasteiger partial charge >= 0.3 is 0 Å². The number of hydrogen-bond acceptors (Lipinski definition) is 5. The van der Waals surface area contributed by atoms with Gasteiger partial charge in [-0.25, -0.2) is 12.8 Å². The SMILES string of the molecule is O=S(=O)(c1ccc(Cl)cc1)N1CCC[C@H](c2nc(-c3cccc(F)c3)no2)C1. The van der Waals surface area contributed by atoms with E-state index in [0.29, 0.717) is 29.4 Å². The molecule has 0 aliphatic carbocycles. The molecular formula is C19H17ClFN3O3S. The number of nitrogens with zero attached hydrogens (tertiary/aromatic N) is 3. The fourth-order valence-electron chi connectivity index (χ4n) is 3.26. The molecule has 146 valence electrons. The summed E-state index contributed by atoms with van der Waals surface area (Å²) in [6.07, 6.45) is 1.41. The van der Waals surface area contributed by atoms with E-state index < -0.39 is 10.0 Å². The summed E-state index contributed by atoms with van der Waals surface area (Å²) in [6.45, 7) is 0.669. The number of rotatable bonds is 4. The van der Waals surface area contributed by atoms with Gasteiger partial charge in [0.2, 0.25) is 21.7 Å². The highest BCUT2D eigenvalue weighted by atomic mass is 35.5. The summed E-state index contributed by atoms with van der Waals surface area (Å²) in [5, 5.41) is 4.40. The lowest BCUT2D eigenvalue weighted by atomic mass is 10.00. The average molecular weight is 422 g/mol. The molecule has 0 saturated carbocycles. The first kappa shape index (κ1) is 19.0. The van der Waals surface area contributed by atoms with Crippen molar-refractivity contribution in [3.05, 3.63) is 65.3 Å². The van der Waals surface area contributed by atoms with Crippen molar-refractivity contribution >= 4 is 21.6 Å². The Balaban J connectivity index is 1.55. The van der Waals surface area contributed by atoms with Gasteiger partial charge in [-0.2, -0.15) is 9.29 Å². The van der Waals surface area contributed by atoms with E-state index in [9.17, 15) is 12.8 Å². The van der Waals surface area contributed by atoms with Crippen molar-refractivity contribution in [2.75, 3.05) is 13.1 Å². The second-order valence-electron chi connectivity index (χ2n) is 6.62. The Morgan fingerprint density at radius 2 is 1.96 bits per heavy atom. The first-order valence-electron chi connectivity index (χ1n) is 8.79. The van der Waals surface area contributed by atoms with Crippen molar-refractivity contribution in [2.24, 2.45) is 0 Å². The van der Waals surface area contributed by atoms with Gasteiger partial charge in [0, 0.05) is 23.7 Å². The molecule has 1 atom stereocenters. The van der Waals surface area contributed by atoms with Crippen molar-refractivity contribution in [3.63, 3.8) is 0 Å². The van der Waals surface area contributed by atoms with Crippen molar-refractivity contribution in [1.82, 2.24) is 14.4 Å². The molecule has 0 spiro atoms. The Labute approximate surface area is 167 Å². The summed E-state index contributed by atoms with van der Waals surface area (Å²) in [5.74, 6) is 0.0369. The third-order valence-corrected chi connectivity index (χ3v) is 6.84. The molecule has 4 rings (SSSR count). The summed E-state index contributed by atoms with van der Waals surface area (Å²) in [7, 11) is -3.64. The minimum atomic E-state index is -3.64. The van der Waals surface area contributed by atoms with Gasteiger partial charge in [0.15, 0.2) is 0 Å². The van der Waals surface area contributed by atoms with E-state index in [4.69, 9.17) is 16.1 Å². The molecule has 1 aliphatic rings. The first-order chi connectivity index (χ1) is 13.4. The van der Waals surface area contributed by atoms with E-state index in [2.05, 4.69) is 10.1 Å². The highest BCUT2D eigenvalue weighted by Gasteiger charge is 2.33. The fourth-order valence-corrected chi connectivity index (χ4v) is 4.91. The van der Waals surface area contributed by atoms with Crippen LogP contribution in [0.5, 0.6) is 0 Å². The van der Waals surface area contributed by atoms with Crippen LogP contribution < -0.4 is 0 Å². The largest absolute Gasteiger partial charge is 0.339 e. The molecule has 0 radical (unpaired) electrons. The molecular weight excluding hydrogens is 405 g/mol. The van der Waals surface area contributed by atoms with E-state index in [1.54, 1.807) is 24.3 Å². The monoisotopic (exact) mass is 421 g/mol. The molecule has 0 N–H and O–H groups in total. The van der Waals surface area contributed by atoms with Gasteiger partial charge in [0.25, 0.3) is 0 Å². The Hall–Kier alpha value is -2.29. The van der Waals surface area contributed by atoms with E-state index in [1.165, 1.54) is 28.6 Å². The zero-order chi connectivity index (χ0) is 19.7. The molecule has 0 amide bonds. The molecule has 1 fully saturated rings. The van der Waals surface area contributed by atoms with Gasteiger partial charge in [-0.1, -0.05) is 28.9 Å². The number of piperidine rings is 1. The average Bonchev–Trinajstić information content (AvgIpc) is 3.19. The van der Waals surface area contributed by atoms with Crippen LogP contribution in [0, 0.1) is 5.82 Å². The standard InChI is InChI=1S/C19H17ClFN3O3S/c20-15-6-8-17(9-7-15)28(25,26)24-10-2-4-14(12-24)19-22-18(23-27-19)13-3-1-5-16(21)11-13/h1,3,5-9,11,14H,2,4,10,12H2/t14-/m0/s1. The van der Waals surface area contributed by atoms with Crippen LogP contribution in [0.3, 0.4) is 0 Å². The molecule has 3 aromatic rings. The topological polar surface area (TPSA) is 76.3 Å². The van der Waals surface area contributed by atoms with Crippen LogP contribution in [0.1, 0.15) is 24.7 Å². The smallest absolute Gasteiger partial charge is 0.243 e. The van der Waals surface area contributed by atoms with Crippen LogP contribution in [0.4, 0.5) is 4.39 Å². The Morgan fingerprint density at radius 3 is 2.71 bits per heavy atom. The Morgan fingerprint density at radius 1 is 1.18 bits per heavy atom. The van der Waals surface area contributed by atoms with Crippen LogP contribution in [0.2, 0.25) is 5.02 Å². The maximum atomic E-state index is 13.4. The van der Waals surface area contributed by atoms with Crippen molar-refractivity contribution < 1.29 is 17.3 Å². The third-order valence-electron chi connectivity index (χ3n) is 4.71. The summed E-state index contributed by atoms with van der Waals surface area (Å²) >= 11 is 5.85. The van der Waals surface area contributed by atoms with Crippen LogP contribution in [0.25, 0.3) is 11.4 Å². The van der Waals surface area contributed by atoms with E-state index in [-0.39, 0.29) is 29.0 Å². The van der Waals surface area contributed by atoms with Gasteiger partial charge in [-0.05, 0) is 49.2 Å². The lowest BCUT2D eigenvalue weighted by Crippen LogP contribution is -2.39. The van der Waals surface area contributed by atoms with Gasteiger partial charge in [-0.3, -0.25) is 0 Å². The number of halogens is 2. The zero-order valence-corrected chi connectivity index (χ0v) is 16.3. The maximum Gasteiger partial charge on any atom is 0.243 e. The minimum absolute atomic E-state index is 0.198. The quantitative estimate of drug-likeness (QED) is 0.634. The number of aromatic nitrogens is 2. The molecule has 2 aromatic carbocycles. The third kappa shape index (κ3) is 3.80. The lowest BCUT2D eigenvalue weighted by Gasteiger charge is -2.30. The molecule has 28 heavy (non-hydrogen) atoms. The molecule has 1 aromatic heterocycles. The number of hydrogen-bond donors (Lipinski definition) is 0. The fraction of sp³-hybridized carbons (Fsp3) is 0.263. The maximum absolute atomic E-state index is 13.4. The van der Waals surface area contributed by atoms with Crippen molar-refractivity contribution in [1.29, 1.82) is 0 Å². The first-order valence-corrected chi connectivity index (χ1v) is 10.6. The Kier molecular flexibility index (Phi) is 5.18. The Bertz CT molecular complexity index is 1090.